The van der Waals surface area contributed by atoms with Gasteiger partial charge in [-0.05, 0) is 66.3 Å². The highest BCUT2D eigenvalue weighted by molar-refractivity contribution is 5.98. The van der Waals surface area contributed by atoms with Crippen LogP contribution >= 0.6 is 0 Å². The van der Waals surface area contributed by atoms with E-state index in [9.17, 15) is 15.0 Å². The predicted octanol–water partition coefficient (Wildman–Crippen LogP) is 6.61. The van der Waals surface area contributed by atoms with Gasteiger partial charge in [0, 0.05) is 30.7 Å². The van der Waals surface area contributed by atoms with Crippen molar-refractivity contribution in [1.82, 2.24) is 4.90 Å². The van der Waals surface area contributed by atoms with E-state index in [0.717, 1.165) is 47.1 Å². The first-order valence-corrected chi connectivity index (χ1v) is 12.7. The fourth-order valence-electron chi connectivity index (χ4n) is 5.32. The molecule has 2 aliphatic rings. The van der Waals surface area contributed by atoms with Crippen LogP contribution in [0.25, 0.3) is 5.57 Å². The monoisotopic (exact) mass is 493 g/mol. The average molecular weight is 494 g/mol. The molecular formula is C32H31NO4. The van der Waals surface area contributed by atoms with Gasteiger partial charge in [-0.1, -0.05) is 72.3 Å². The number of fused-ring (bicyclic) bond motifs is 1. The van der Waals surface area contributed by atoms with Crippen molar-refractivity contribution in [2.45, 2.75) is 25.5 Å². The van der Waals surface area contributed by atoms with Crippen LogP contribution in [-0.2, 0) is 4.74 Å². The number of methoxy groups -OCH3 is 1. The van der Waals surface area contributed by atoms with E-state index in [2.05, 4.69) is 24.3 Å². The van der Waals surface area contributed by atoms with Crippen LogP contribution in [0.15, 0.2) is 103 Å². The van der Waals surface area contributed by atoms with E-state index in [0.29, 0.717) is 6.54 Å². The van der Waals surface area contributed by atoms with Gasteiger partial charge >= 0.3 is 0 Å². The van der Waals surface area contributed by atoms with Crippen LogP contribution in [0.5, 0.6) is 11.5 Å². The van der Waals surface area contributed by atoms with Crippen molar-refractivity contribution in [1.29, 1.82) is 0 Å². The Morgan fingerprint density at radius 1 is 0.838 bits per heavy atom. The number of allylic oxidation sites excluding steroid dienone is 5. The summed E-state index contributed by atoms with van der Waals surface area (Å²) < 4.78 is 5.69. The number of nitrogens with zero attached hydrogens (tertiary/aromatic N) is 1. The molecule has 2 N–H and O–H groups in total. The van der Waals surface area contributed by atoms with Crippen molar-refractivity contribution < 1.29 is 19.7 Å². The zero-order valence-corrected chi connectivity index (χ0v) is 20.9. The maximum atomic E-state index is 13.0. The zero-order valence-electron chi connectivity index (χ0n) is 20.9. The molecule has 0 spiro atoms. The third-order valence-corrected chi connectivity index (χ3v) is 7.10. The Balaban J connectivity index is 1.41. The van der Waals surface area contributed by atoms with Gasteiger partial charge in [0.1, 0.15) is 11.5 Å². The Bertz CT molecular complexity index is 1290. The van der Waals surface area contributed by atoms with E-state index < -0.39 is 0 Å². The lowest BCUT2D eigenvalue weighted by molar-refractivity contribution is -0.0130. The third kappa shape index (κ3) is 5.09. The van der Waals surface area contributed by atoms with Gasteiger partial charge in [0.2, 0.25) is 0 Å². The molecule has 1 atom stereocenters. The summed E-state index contributed by atoms with van der Waals surface area (Å²) >= 11 is 0. The molecule has 1 aliphatic carbocycles. The smallest absolute Gasteiger partial charge is 0.256 e. The number of carbonyl (C=O) groups is 1. The molecule has 0 saturated heterocycles. The molecule has 1 aliphatic heterocycles. The predicted molar refractivity (Wildman–Crippen MR) is 145 cm³/mol. The fraction of sp³-hybridized carbons (Fsp3) is 0.219. The molecule has 1 unspecified atom stereocenters. The number of aromatic hydroxyl groups is 2. The number of rotatable bonds is 9. The number of ether oxygens (including phenoxy) is 1. The molecule has 0 saturated carbocycles. The van der Waals surface area contributed by atoms with Gasteiger partial charge < -0.3 is 19.8 Å². The number of amides is 1. The van der Waals surface area contributed by atoms with Crippen LogP contribution in [0, 0.1) is 5.92 Å². The molecule has 5 nitrogen and oxygen atoms in total. The molecule has 37 heavy (non-hydrogen) atoms. The number of unbranched alkanes of at least 4 members (excludes halogenated alkanes) is 1. The first-order valence-electron chi connectivity index (χ1n) is 12.7. The summed E-state index contributed by atoms with van der Waals surface area (Å²) in [6, 6.07) is 22.2. The van der Waals surface area contributed by atoms with Crippen LogP contribution in [-0.4, -0.2) is 34.7 Å². The summed E-state index contributed by atoms with van der Waals surface area (Å²) in [6.45, 7) is 0.614. The van der Waals surface area contributed by atoms with Crippen molar-refractivity contribution in [3.63, 3.8) is 0 Å². The lowest BCUT2D eigenvalue weighted by Crippen LogP contribution is -2.30. The van der Waals surface area contributed by atoms with E-state index in [1.165, 1.54) is 5.57 Å². The van der Waals surface area contributed by atoms with Crippen molar-refractivity contribution in [2.24, 2.45) is 5.92 Å². The minimum absolute atomic E-state index is 0.0220. The van der Waals surface area contributed by atoms with Crippen LogP contribution in [0.3, 0.4) is 0 Å². The Hall–Kier alpha value is -4.09. The Labute approximate surface area is 217 Å². The molecule has 5 heteroatoms. The topological polar surface area (TPSA) is 70.0 Å². The molecule has 1 amide bonds. The third-order valence-electron chi connectivity index (χ3n) is 7.10. The van der Waals surface area contributed by atoms with Crippen molar-refractivity contribution in [3.05, 3.63) is 125 Å². The van der Waals surface area contributed by atoms with E-state index in [4.69, 9.17) is 4.74 Å². The molecule has 188 valence electrons. The number of hydrogen-bond donors (Lipinski definition) is 2. The molecule has 0 bridgehead atoms. The second-order valence-electron chi connectivity index (χ2n) is 9.42. The Morgan fingerprint density at radius 3 is 2.03 bits per heavy atom. The number of hydrogen-bond acceptors (Lipinski definition) is 4. The lowest BCUT2D eigenvalue weighted by Gasteiger charge is -2.24. The summed E-state index contributed by atoms with van der Waals surface area (Å²) in [6.07, 6.45) is 10.7. The summed E-state index contributed by atoms with van der Waals surface area (Å²) in [4.78, 5) is 14.8. The second-order valence-corrected chi connectivity index (χ2v) is 9.42. The maximum Gasteiger partial charge on any atom is 0.256 e. The second kappa shape index (κ2) is 10.9. The van der Waals surface area contributed by atoms with E-state index in [-0.39, 0.29) is 29.6 Å². The van der Waals surface area contributed by atoms with Gasteiger partial charge in [-0.25, -0.2) is 0 Å². The highest BCUT2D eigenvalue weighted by Crippen LogP contribution is 2.38. The molecule has 0 fully saturated rings. The van der Waals surface area contributed by atoms with E-state index in [1.807, 2.05) is 53.4 Å². The largest absolute Gasteiger partial charge is 0.508 e. The summed E-state index contributed by atoms with van der Waals surface area (Å²) in [5.74, 6) is 0.621. The van der Waals surface area contributed by atoms with Crippen molar-refractivity contribution in [3.8, 4) is 11.5 Å². The number of phenols is 2. The molecule has 1 heterocycles. The van der Waals surface area contributed by atoms with Gasteiger partial charge in [0.05, 0.1) is 0 Å². The van der Waals surface area contributed by atoms with Gasteiger partial charge in [-0.2, -0.15) is 0 Å². The number of benzene rings is 3. The maximum absolute atomic E-state index is 13.0. The Morgan fingerprint density at radius 2 is 1.43 bits per heavy atom. The zero-order chi connectivity index (χ0) is 25.8. The van der Waals surface area contributed by atoms with Crippen LogP contribution < -0.4 is 0 Å². The van der Waals surface area contributed by atoms with E-state index >= 15 is 0 Å². The molecular weight excluding hydrogens is 462 g/mol. The van der Waals surface area contributed by atoms with Gasteiger partial charge in [-0.15, -0.1) is 0 Å². The molecule has 0 aromatic heterocycles. The van der Waals surface area contributed by atoms with Gasteiger partial charge in [0.15, 0.2) is 6.23 Å². The van der Waals surface area contributed by atoms with Crippen LogP contribution in [0.1, 0.15) is 52.5 Å². The first kappa shape index (κ1) is 24.6. The Kier molecular flexibility index (Phi) is 7.24. The lowest BCUT2D eigenvalue weighted by atomic mass is 9.84. The van der Waals surface area contributed by atoms with E-state index in [1.54, 1.807) is 31.4 Å². The minimum atomic E-state index is -0.344. The SMILES string of the molecule is COC1c2ccccc2C(=O)N1CCCCC(=C(c1ccc(O)cc1)c1ccc(O)cc1)C1C=CC=C1. The van der Waals surface area contributed by atoms with Gasteiger partial charge in [0.25, 0.3) is 5.91 Å². The quantitative estimate of drug-likeness (QED) is 0.329. The van der Waals surface area contributed by atoms with Crippen LogP contribution in [0.4, 0.5) is 0 Å². The minimum Gasteiger partial charge on any atom is -0.508 e. The normalized spacial score (nSPS) is 16.4. The fourth-order valence-corrected chi connectivity index (χ4v) is 5.32. The molecule has 3 aromatic rings. The van der Waals surface area contributed by atoms with Gasteiger partial charge in [-0.3, -0.25) is 4.79 Å². The van der Waals surface area contributed by atoms with Crippen molar-refractivity contribution in [2.75, 3.05) is 13.7 Å². The number of phenolic OH excluding ortho intramolecular Hbond substituents is 2. The highest BCUT2D eigenvalue weighted by atomic mass is 16.5. The molecule has 3 aromatic carbocycles. The number of carbonyl (C=O) groups excluding carboxylic acids is 1. The summed E-state index contributed by atoms with van der Waals surface area (Å²) in [5.41, 5.74) is 6.03. The average Bonchev–Trinajstić information content (AvgIpc) is 3.54. The standard InChI is InChI=1S/C32H31NO4/c1-37-32-29-12-5-4-11-28(29)31(36)33(32)21-7-6-10-27(22-8-2-3-9-22)30(23-13-17-25(34)18-14-23)24-15-19-26(35)20-16-24/h2-5,8-9,11-20,22,32,34-35H,6-7,10,21H2,1H3. The molecule has 5 rings (SSSR count). The summed E-state index contributed by atoms with van der Waals surface area (Å²) in [7, 11) is 1.65. The molecule has 0 radical (unpaired) electrons. The van der Waals surface area contributed by atoms with Crippen LogP contribution in [0.2, 0.25) is 0 Å². The highest BCUT2D eigenvalue weighted by Gasteiger charge is 2.36. The van der Waals surface area contributed by atoms with Crippen molar-refractivity contribution >= 4 is 11.5 Å². The summed E-state index contributed by atoms with van der Waals surface area (Å²) in [5, 5.41) is 19.8. The first-order chi connectivity index (χ1) is 18.1.